The topological polar surface area (TPSA) is 144 Å². The normalized spacial score (nSPS) is 11.3. The van der Waals surface area contributed by atoms with Crippen LogP contribution >= 0.6 is 0 Å². The standard InChI is InChI=1S/C25H29N3O6/c1-6-14-7-9-16-20(21(26)19(24(31)32)13(2)27-16)22(14)34-12-25(3,4)28-23(30)15-8-10-18(33-5)17(29)11-15/h7-11,29H,6,12H2,1-5H3,(H2,26,27)(H,28,30)(H,31,32). The highest BCUT2D eigenvalue weighted by atomic mass is 16.5. The fourth-order valence-corrected chi connectivity index (χ4v) is 3.74. The second-order valence-corrected chi connectivity index (χ2v) is 8.61. The van der Waals surface area contributed by atoms with Crippen molar-refractivity contribution in [1.29, 1.82) is 0 Å². The Bertz CT molecular complexity index is 1270. The van der Waals surface area contributed by atoms with Gasteiger partial charge in [-0.05, 0) is 57.0 Å². The van der Waals surface area contributed by atoms with Gasteiger partial charge in [0, 0.05) is 5.56 Å². The van der Waals surface area contributed by atoms with E-state index < -0.39 is 17.4 Å². The van der Waals surface area contributed by atoms with Crippen molar-refractivity contribution >= 4 is 28.5 Å². The number of pyridine rings is 1. The molecule has 9 nitrogen and oxygen atoms in total. The molecule has 0 unspecified atom stereocenters. The number of ether oxygens (including phenoxy) is 2. The van der Waals surface area contributed by atoms with Crippen LogP contribution in [0.5, 0.6) is 17.2 Å². The van der Waals surface area contributed by atoms with Crippen molar-refractivity contribution in [3.05, 3.63) is 52.7 Å². The van der Waals surface area contributed by atoms with E-state index in [4.69, 9.17) is 15.2 Å². The van der Waals surface area contributed by atoms with E-state index in [2.05, 4.69) is 10.3 Å². The molecule has 0 saturated heterocycles. The number of aromatic nitrogens is 1. The number of fused-ring (bicyclic) bond motifs is 1. The third-order valence-electron chi connectivity index (χ3n) is 5.47. The van der Waals surface area contributed by atoms with E-state index in [1.807, 2.05) is 13.0 Å². The van der Waals surface area contributed by atoms with Crippen molar-refractivity contribution in [3.63, 3.8) is 0 Å². The average Bonchev–Trinajstić information content (AvgIpc) is 2.76. The first-order valence-corrected chi connectivity index (χ1v) is 10.8. The molecule has 0 saturated carbocycles. The summed E-state index contributed by atoms with van der Waals surface area (Å²) in [5.41, 5.74) is 7.45. The number of carbonyl (C=O) groups excluding carboxylic acids is 1. The number of nitrogens with zero attached hydrogens (tertiary/aromatic N) is 1. The Morgan fingerprint density at radius 1 is 1.21 bits per heavy atom. The van der Waals surface area contributed by atoms with Gasteiger partial charge in [0.05, 0.1) is 34.9 Å². The molecule has 1 amide bonds. The van der Waals surface area contributed by atoms with Gasteiger partial charge in [-0.25, -0.2) is 4.79 Å². The van der Waals surface area contributed by atoms with Gasteiger partial charge in [-0.1, -0.05) is 13.0 Å². The molecule has 5 N–H and O–H groups in total. The predicted molar refractivity (Wildman–Crippen MR) is 129 cm³/mol. The minimum atomic E-state index is -1.16. The molecule has 1 aromatic heterocycles. The Morgan fingerprint density at radius 3 is 2.50 bits per heavy atom. The third-order valence-corrected chi connectivity index (χ3v) is 5.47. The zero-order valence-corrected chi connectivity index (χ0v) is 19.9. The molecule has 0 bridgehead atoms. The summed E-state index contributed by atoms with van der Waals surface area (Å²) in [5.74, 6) is -0.987. The first-order valence-electron chi connectivity index (χ1n) is 10.8. The fourth-order valence-electron chi connectivity index (χ4n) is 3.74. The summed E-state index contributed by atoms with van der Waals surface area (Å²) in [6.45, 7) is 7.21. The Morgan fingerprint density at radius 2 is 1.91 bits per heavy atom. The van der Waals surface area contributed by atoms with Crippen LogP contribution in [0.15, 0.2) is 30.3 Å². The van der Waals surface area contributed by atoms with Crippen molar-refractivity contribution in [2.75, 3.05) is 19.5 Å². The number of hydrogen-bond acceptors (Lipinski definition) is 7. The number of aryl methyl sites for hydroxylation is 2. The molecule has 2 aromatic carbocycles. The number of aromatic hydroxyl groups is 1. The second kappa shape index (κ2) is 9.46. The van der Waals surface area contributed by atoms with Gasteiger partial charge >= 0.3 is 5.97 Å². The Kier molecular flexibility index (Phi) is 6.85. The number of carboxylic acids is 1. The number of hydrogen-bond donors (Lipinski definition) is 4. The summed E-state index contributed by atoms with van der Waals surface area (Å²) in [6.07, 6.45) is 0.624. The lowest BCUT2D eigenvalue weighted by molar-refractivity contribution is 0.0696. The highest BCUT2D eigenvalue weighted by Crippen LogP contribution is 2.37. The molecule has 0 radical (unpaired) electrons. The highest BCUT2D eigenvalue weighted by Gasteiger charge is 2.26. The van der Waals surface area contributed by atoms with Crippen molar-refractivity contribution in [2.24, 2.45) is 0 Å². The number of carbonyl (C=O) groups is 2. The van der Waals surface area contributed by atoms with Crippen molar-refractivity contribution in [3.8, 4) is 17.2 Å². The van der Waals surface area contributed by atoms with E-state index in [9.17, 15) is 19.8 Å². The van der Waals surface area contributed by atoms with Crippen LogP contribution in [-0.4, -0.2) is 46.3 Å². The maximum absolute atomic E-state index is 12.8. The Hall–Kier alpha value is -4.01. The molecule has 0 aliphatic heterocycles. The lowest BCUT2D eigenvalue weighted by Crippen LogP contribution is -2.47. The third kappa shape index (κ3) is 4.83. The molecule has 3 aromatic rings. The first kappa shape index (κ1) is 24.6. The lowest BCUT2D eigenvalue weighted by Gasteiger charge is -2.27. The van der Waals surface area contributed by atoms with Crippen LogP contribution in [0.3, 0.4) is 0 Å². The molecule has 0 spiro atoms. The SMILES string of the molecule is CCc1ccc2nc(C)c(C(=O)O)c(N)c2c1OCC(C)(C)NC(=O)c1ccc(OC)c(O)c1. The maximum atomic E-state index is 12.8. The number of phenolic OH excluding ortho intramolecular Hbond substituents is 1. The van der Waals surface area contributed by atoms with Crippen LogP contribution in [0.1, 0.15) is 52.7 Å². The summed E-state index contributed by atoms with van der Waals surface area (Å²) in [6, 6.07) is 8.05. The number of methoxy groups -OCH3 is 1. The number of nitrogens with two attached hydrogens (primary N) is 1. The van der Waals surface area contributed by atoms with Crippen molar-refractivity contribution in [2.45, 2.75) is 39.7 Å². The van der Waals surface area contributed by atoms with E-state index in [0.717, 1.165) is 5.56 Å². The molecule has 0 atom stereocenters. The quantitative estimate of drug-likeness (QED) is 0.393. The maximum Gasteiger partial charge on any atom is 0.339 e. The molecule has 180 valence electrons. The smallest absolute Gasteiger partial charge is 0.339 e. The number of nitrogens with one attached hydrogen (secondary N) is 1. The Labute approximate surface area is 197 Å². The largest absolute Gasteiger partial charge is 0.504 e. The van der Waals surface area contributed by atoms with Gasteiger partial charge < -0.3 is 30.7 Å². The number of nitrogen functional groups attached to an aromatic ring is 1. The molecule has 9 heteroatoms. The number of rotatable bonds is 8. The monoisotopic (exact) mass is 467 g/mol. The lowest BCUT2D eigenvalue weighted by atomic mass is 10.0. The number of amides is 1. The van der Waals surface area contributed by atoms with E-state index in [1.165, 1.54) is 19.2 Å². The van der Waals surface area contributed by atoms with Gasteiger partial charge in [0.1, 0.15) is 17.9 Å². The summed E-state index contributed by atoms with van der Waals surface area (Å²) in [5, 5.41) is 22.9. The number of phenols is 1. The molecule has 0 aliphatic rings. The zero-order chi connectivity index (χ0) is 25.2. The summed E-state index contributed by atoms with van der Waals surface area (Å²) in [4.78, 5) is 28.9. The van der Waals surface area contributed by atoms with E-state index >= 15 is 0 Å². The van der Waals surface area contributed by atoms with E-state index in [1.54, 1.807) is 32.9 Å². The molecular weight excluding hydrogens is 438 g/mol. The summed E-state index contributed by atoms with van der Waals surface area (Å²) >= 11 is 0. The van der Waals surface area contributed by atoms with Crippen molar-refractivity contribution in [1.82, 2.24) is 10.3 Å². The second-order valence-electron chi connectivity index (χ2n) is 8.61. The molecular formula is C25H29N3O6. The predicted octanol–water partition coefficient (Wildman–Crippen LogP) is 3.69. The van der Waals surface area contributed by atoms with Gasteiger partial charge in [-0.3, -0.25) is 9.78 Å². The molecule has 34 heavy (non-hydrogen) atoms. The minimum absolute atomic E-state index is 0.0579. The summed E-state index contributed by atoms with van der Waals surface area (Å²) in [7, 11) is 1.43. The van der Waals surface area contributed by atoms with Crippen LogP contribution in [0.2, 0.25) is 0 Å². The molecule has 1 heterocycles. The van der Waals surface area contributed by atoms with E-state index in [-0.39, 0.29) is 34.9 Å². The number of anilines is 1. The fraction of sp³-hybridized carbons (Fsp3) is 0.320. The zero-order valence-electron chi connectivity index (χ0n) is 19.9. The van der Waals surface area contributed by atoms with Crippen LogP contribution in [0.25, 0.3) is 10.9 Å². The van der Waals surface area contributed by atoms with Gasteiger partial charge in [-0.2, -0.15) is 0 Å². The van der Waals surface area contributed by atoms with Crippen LogP contribution in [0, 0.1) is 6.92 Å². The highest BCUT2D eigenvalue weighted by molar-refractivity contribution is 6.07. The average molecular weight is 468 g/mol. The Balaban J connectivity index is 1.91. The number of carboxylic acid groups (broad SMARTS) is 1. The summed E-state index contributed by atoms with van der Waals surface area (Å²) < 4.78 is 11.2. The van der Waals surface area contributed by atoms with Gasteiger partial charge in [0.15, 0.2) is 11.5 Å². The van der Waals surface area contributed by atoms with Gasteiger partial charge in [0.2, 0.25) is 0 Å². The van der Waals surface area contributed by atoms with Crippen molar-refractivity contribution < 1.29 is 29.3 Å². The molecule has 0 aliphatic carbocycles. The number of aromatic carboxylic acids is 1. The molecule has 0 fully saturated rings. The van der Waals surface area contributed by atoms with Crippen LogP contribution < -0.4 is 20.5 Å². The van der Waals surface area contributed by atoms with E-state index in [0.29, 0.717) is 28.8 Å². The van der Waals surface area contributed by atoms with Crippen LogP contribution in [-0.2, 0) is 6.42 Å². The van der Waals surface area contributed by atoms with Gasteiger partial charge in [-0.15, -0.1) is 0 Å². The minimum Gasteiger partial charge on any atom is -0.504 e. The molecule has 3 rings (SSSR count). The van der Waals surface area contributed by atoms with Gasteiger partial charge in [0.25, 0.3) is 5.91 Å². The number of benzene rings is 2. The first-order chi connectivity index (χ1) is 16.0. The van der Waals surface area contributed by atoms with Crippen LogP contribution in [0.4, 0.5) is 5.69 Å².